The van der Waals surface area contributed by atoms with Gasteiger partial charge in [-0.1, -0.05) is 60.7 Å². The van der Waals surface area contributed by atoms with Crippen LogP contribution in [-0.2, 0) is 6.61 Å². The zero-order chi connectivity index (χ0) is 26.5. The lowest BCUT2D eigenvalue weighted by atomic mass is 10.2. The second-order valence-corrected chi connectivity index (χ2v) is 9.49. The quantitative estimate of drug-likeness (QED) is 0.144. The molecule has 0 fully saturated rings. The second-order valence-electron chi connectivity index (χ2n) is 8.32. The summed E-state index contributed by atoms with van der Waals surface area (Å²) in [6.45, 7) is 2.36. The molecule has 0 N–H and O–H groups in total. The molecule has 4 aromatic carbocycles. The maximum Gasteiger partial charge on any atom is 0.282 e. The van der Waals surface area contributed by atoms with E-state index in [1.54, 1.807) is 42.6 Å². The topological polar surface area (TPSA) is 65.7 Å². The van der Waals surface area contributed by atoms with Crippen molar-refractivity contribution in [2.45, 2.75) is 13.5 Å². The maximum absolute atomic E-state index is 14.1. The van der Waals surface area contributed by atoms with E-state index in [0.29, 0.717) is 46.0 Å². The Morgan fingerprint density at radius 2 is 1.71 bits per heavy atom. The molecule has 6 nitrogen and oxygen atoms in total. The molecule has 5 rings (SSSR count). The average molecular weight is 619 g/mol. The lowest BCUT2D eigenvalue weighted by Crippen LogP contribution is -2.20. The lowest BCUT2D eigenvalue weighted by molar-refractivity contribution is 0.264. The smallest absolute Gasteiger partial charge is 0.282 e. The first-order chi connectivity index (χ1) is 18.5. The minimum Gasteiger partial charge on any atom is -0.490 e. The van der Waals surface area contributed by atoms with Gasteiger partial charge in [-0.2, -0.15) is 9.78 Å². The Balaban J connectivity index is 1.53. The third-order valence-corrected chi connectivity index (χ3v) is 6.57. The van der Waals surface area contributed by atoms with Crippen molar-refractivity contribution >= 4 is 39.7 Å². The van der Waals surface area contributed by atoms with Crippen LogP contribution in [0.25, 0.3) is 22.3 Å². The van der Waals surface area contributed by atoms with Gasteiger partial charge in [0.15, 0.2) is 17.3 Å². The fourth-order valence-electron chi connectivity index (χ4n) is 3.96. The van der Waals surface area contributed by atoms with Gasteiger partial charge in [-0.25, -0.2) is 9.37 Å². The maximum atomic E-state index is 14.1. The predicted molar refractivity (Wildman–Crippen MR) is 155 cm³/mol. The van der Waals surface area contributed by atoms with Crippen molar-refractivity contribution in [2.24, 2.45) is 5.10 Å². The number of fused-ring (bicyclic) bond motifs is 1. The number of hydrogen-bond acceptors (Lipinski definition) is 5. The highest BCUT2D eigenvalue weighted by molar-refractivity contribution is 14.1. The van der Waals surface area contributed by atoms with Gasteiger partial charge in [-0.3, -0.25) is 4.79 Å². The summed E-state index contributed by atoms with van der Waals surface area (Å²) in [5.74, 6) is 1.13. The van der Waals surface area contributed by atoms with E-state index in [1.807, 2.05) is 55.5 Å². The van der Waals surface area contributed by atoms with Crippen LogP contribution >= 0.6 is 22.6 Å². The van der Waals surface area contributed by atoms with Crippen LogP contribution in [0.3, 0.4) is 0 Å². The van der Waals surface area contributed by atoms with Crippen LogP contribution in [0.15, 0.2) is 101 Å². The predicted octanol–water partition coefficient (Wildman–Crippen LogP) is 6.67. The highest BCUT2D eigenvalue weighted by atomic mass is 127. The summed E-state index contributed by atoms with van der Waals surface area (Å²) in [4.78, 5) is 18.1. The number of rotatable bonds is 8. The molecule has 0 aliphatic carbocycles. The lowest BCUT2D eigenvalue weighted by Gasteiger charge is -2.15. The highest BCUT2D eigenvalue weighted by Gasteiger charge is 2.15. The van der Waals surface area contributed by atoms with Gasteiger partial charge in [0.05, 0.1) is 27.3 Å². The molecular weight excluding hydrogens is 596 g/mol. The molecule has 0 saturated carbocycles. The molecule has 0 saturated heterocycles. The Labute approximate surface area is 232 Å². The molecule has 5 aromatic rings. The Kier molecular flexibility index (Phi) is 7.78. The summed E-state index contributed by atoms with van der Waals surface area (Å²) in [5, 5.41) is 5.02. The van der Waals surface area contributed by atoms with Crippen molar-refractivity contribution in [1.29, 1.82) is 0 Å². The average Bonchev–Trinajstić information content (AvgIpc) is 2.93. The van der Waals surface area contributed by atoms with Crippen molar-refractivity contribution in [3.05, 3.63) is 122 Å². The summed E-state index contributed by atoms with van der Waals surface area (Å²) in [7, 11) is 0. The number of ether oxygens (including phenoxy) is 2. The van der Waals surface area contributed by atoms with Gasteiger partial charge in [-0.15, -0.1) is 0 Å². The summed E-state index contributed by atoms with van der Waals surface area (Å²) in [6.07, 6.45) is 1.59. The molecule has 0 amide bonds. The Hall–Kier alpha value is -4.05. The summed E-state index contributed by atoms with van der Waals surface area (Å²) in [5.41, 5.74) is 2.26. The molecule has 0 radical (unpaired) electrons. The minimum atomic E-state index is -0.326. The van der Waals surface area contributed by atoms with E-state index in [4.69, 9.17) is 14.5 Å². The summed E-state index contributed by atoms with van der Waals surface area (Å²) >= 11 is 2.15. The molecule has 0 spiro atoms. The van der Waals surface area contributed by atoms with Crippen LogP contribution in [-0.4, -0.2) is 22.5 Å². The molecule has 0 aliphatic rings. The zero-order valence-corrected chi connectivity index (χ0v) is 22.6. The molecule has 0 atom stereocenters. The second kappa shape index (κ2) is 11.6. The van der Waals surface area contributed by atoms with Crippen LogP contribution < -0.4 is 15.0 Å². The van der Waals surface area contributed by atoms with Crippen molar-refractivity contribution in [3.63, 3.8) is 0 Å². The molecule has 1 heterocycles. The highest BCUT2D eigenvalue weighted by Crippen LogP contribution is 2.34. The molecule has 0 aliphatic heterocycles. The van der Waals surface area contributed by atoms with Gasteiger partial charge in [0.25, 0.3) is 5.56 Å². The van der Waals surface area contributed by atoms with Crippen LogP contribution in [0.1, 0.15) is 18.1 Å². The number of halogens is 2. The first-order valence-electron chi connectivity index (χ1n) is 12.0. The first kappa shape index (κ1) is 25.6. The van der Waals surface area contributed by atoms with Gasteiger partial charge >= 0.3 is 0 Å². The SMILES string of the molecule is CCOc1cc(C=Nn2c(-c3ccccc3)nc3ccccc3c2=O)cc(I)c1OCc1ccccc1F. The molecule has 0 bridgehead atoms. The number of hydrogen-bond donors (Lipinski definition) is 0. The van der Waals surface area contributed by atoms with Crippen LogP contribution in [0, 0.1) is 9.39 Å². The number of aromatic nitrogens is 2. The normalized spacial score (nSPS) is 11.2. The summed E-state index contributed by atoms with van der Waals surface area (Å²) in [6, 6.07) is 26.8. The zero-order valence-electron chi connectivity index (χ0n) is 20.5. The van der Waals surface area contributed by atoms with Gasteiger partial charge in [-0.05, 0) is 65.4 Å². The van der Waals surface area contributed by atoms with Gasteiger partial charge in [0.1, 0.15) is 12.4 Å². The first-order valence-corrected chi connectivity index (χ1v) is 13.1. The van der Waals surface area contributed by atoms with Gasteiger partial charge < -0.3 is 9.47 Å². The van der Waals surface area contributed by atoms with Crippen molar-refractivity contribution in [3.8, 4) is 22.9 Å². The van der Waals surface area contributed by atoms with Crippen molar-refractivity contribution in [1.82, 2.24) is 9.66 Å². The molecular formula is C30H23FIN3O3. The third kappa shape index (κ3) is 5.45. The number of benzene rings is 4. The Bertz CT molecular complexity index is 1690. The van der Waals surface area contributed by atoms with Crippen molar-refractivity contribution in [2.75, 3.05) is 6.61 Å². The molecule has 190 valence electrons. The van der Waals surface area contributed by atoms with E-state index in [2.05, 4.69) is 27.7 Å². The van der Waals surface area contributed by atoms with Gasteiger partial charge in [0.2, 0.25) is 0 Å². The van der Waals surface area contributed by atoms with Crippen molar-refractivity contribution < 1.29 is 13.9 Å². The van der Waals surface area contributed by atoms with E-state index in [0.717, 1.165) is 9.13 Å². The minimum absolute atomic E-state index is 0.0643. The fraction of sp³-hybridized carbons (Fsp3) is 0.100. The van der Waals surface area contributed by atoms with E-state index in [-0.39, 0.29) is 18.0 Å². The molecule has 0 unspecified atom stereocenters. The molecule has 8 heteroatoms. The van der Waals surface area contributed by atoms with E-state index < -0.39 is 0 Å². The third-order valence-electron chi connectivity index (χ3n) is 5.77. The van der Waals surface area contributed by atoms with Gasteiger partial charge in [0, 0.05) is 11.1 Å². The number of nitrogens with zero attached hydrogens (tertiary/aromatic N) is 3. The largest absolute Gasteiger partial charge is 0.490 e. The molecule has 38 heavy (non-hydrogen) atoms. The van der Waals surface area contributed by atoms with Crippen LogP contribution in [0.4, 0.5) is 4.39 Å². The van der Waals surface area contributed by atoms with E-state index in [1.165, 1.54) is 10.7 Å². The van der Waals surface area contributed by atoms with E-state index >= 15 is 0 Å². The molecule has 1 aromatic heterocycles. The standard InChI is InChI=1S/C30H23FIN3O3/c1-2-37-27-17-20(16-25(32)28(27)38-19-22-12-6-8-14-24(22)31)18-33-35-29(21-10-4-3-5-11-21)34-26-15-9-7-13-23(26)30(35)36/h3-18H,2,19H2,1H3. The fourth-order valence-corrected chi connectivity index (χ4v) is 4.74. The van der Waals surface area contributed by atoms with E-state index in [9.17, 15) is 9.18 Å². The van der Waals surface area contributed by atoms with Crippen LogP contribution in [0.2, 0.25) is 0 Å². The Morgan fingerprint density at radius 1 is 0.974 bits per heavy atom. The summed E-state index contributed by atoms with van der Waals surface area (Å²) < 4.78 is 28.0. The Morgan fingerprint density at radius 3 is 2.50 bits per heavy atom. The monoisotopic (exact) mass is 619 g/mol. The van der Waals surface area contributed by atoms with Crippen LogP contribution in [0.5, 0.6) is 11.5 Å². The number of para-hydroxylation sites is 1.